The first-order chi connectivity index (χ1) is 8.60. The normalized spacial score (nSPS) is 10.4. The summed E-state index contributed by atoms with van der Waals surface area (Å²) in [5, 5.41) is 2.90. The number of halogens is 1. The molecule has 0 aromatic carbocycles. The van der Waals surface area contributed by atoms with Gasteiger partial charge < -0.3 is 9.64 Å². The summed E-state index contributed by atoms with van der Waals surface area (Å²) in [6, 6.07) is 2.08. The summed E-state index contributed by atoms with van der Waals surface area (Å²) in [7, 11) is 3.32. The molecule has 0 saturated heterocycles. The lowest BCUT2D eigenvalue weighted by Crippen LogP contribution is -2.15. The topological polar surface area (TPSA) is 42.4 Å². The minimum Gasteiger partial charge on any atom is -0.465 e. The van der Waals surface area contributed by atoms with E-state index in [4.69, 9.17) is 0 Å². The summed E-state index contributed by atoms with van der Waals surface area (Å²) in [6.07, 6.45) is 1.55. The zero-order valence-corrected chi connectivity index (χ0v) is 13.1. The molecule has 0 bridgehead atoms. The van der Waals surface area contributed by atoms with E-state index >= 15 is 0 Å². The first-order valence-electron chi connectivity index (χ1n) is 5.08. The second kappa shape index (κ2) is 5.81. The van der Waals surface area contributed by atoms with Crippen molar-refractivity contribution < 1.29 is 9.53 Å². The van der Waals surface area contributed by atoms with Crippen LogP contribution in [0.5, 0.6) is 0 Å². The van der Waals surface area contributed by atoms with Crippen molar-refractivity contribution in [2.75, 3.05) is 19.1 Å². The van der Waals surface area contributed by atoms with Gasteiger partial charge in [0.05, 0.1) is 17.1 Å². The molecule has 0 radical (unpaired) electrons. The Balaban J connectivity index is 2.07. The van der Waals surface area contributed by atoms with Crippen LogP contribution in [-0.4, -0.2) is 25.1 Å². The molecule has 0 amide bonds. The number of carbonyl (C=O) groups excluding carboxylic acids is 1. The van der Waals surface area contributed by atoms with Gasteiger partial charge in [0.2, 0.25) is 0 Å². The van der Waals surface area contributed by atoms with E-state index in [9.17, 15) is 4.79 Å². The number of methoxy groups -OCH3 is 1. The third-order valence-electron chi connectivity index (χ3n) is 2.25. The van der Waals surface area contributed by atoms with E-state index in [1.165, 1.54) is 24.0 Å². The number of esters is 1. The maximum Gasteiger partial charge on any atom is 0.349 e. The molecule has 0 aliphatic rings. The molecule has 2 aromatic heterocycles. The van der Waals surface area contributed by atoms with Crippen molar-refractivity contribution in [2.24, 2.45) is 0 Å². The van der Waals surface area contributed by atoms with Gasteiger partial charge in [0.1, 0.15) is 4.88 Å². The Hall–Kier alpha value is -0.920. The Morgan fingerprint density at radius 3 is 3.00 bits per heavy atom. The average Bonchev–Trinajstić information content (AvgIpc) is 2.97. The highest BCUT2D eigenvalue weighted by Gasteiger charge is 2.13. The van der Waals surface area contributed by atoms with E-state index in [1.807, 2.05) is 11.9 Å². The molecule has 0 atom stereocenters. The molecule has 0 N–H and O–H groups in total. The summed E-state index contributed by atoms with van der Waals surface area (Å²) < 4.78 is 5.77. The molecule has 2 aromatic rings. The maximum atomic E-state index is 11.3. The van der Waals surface area contributed by atoms with Crippen LogP contribution in [-0.2, 0) is 11.3 Å². The molecule has 18 heavy (non-hydrogen) atoms. The Morgan fingerprint density at radius 2 is 2.39 bits per heavy atom. The van der Waals surface area contributed by atoms with Crippen molar-refractivity contribution >= 4 is 49.7 Å². The number of hydrogen-bond acceptors (Lipinski definition) is 6. The second-order valence-corrected chi connectivity index (χ2v) is 6.91. The van der Waals surface area contributed by atoms with Crippen LogP contribution in [0.3, 0.4) is 0 Å². The van der Waals surface area contributed by atoms with E-state index in [2.05, 4.69) is 37.1 Å². The van der Waals surface area contributed by atoms with E-state index < -0.39 is 0 Å². The van der Waals surface area contributed by atoms with Gasteiger partial charge in [-0.2, -0.15) is 0 Å². The van der Waals surface area contributed by atoms with Crippen LogP contribution in [0.2, 0.25) is 0 Å². The Bertz CT molecular complexity index is 553. The zero-order chi connectivity index (χ0) is 13.1. The number of nitrogens with zero attached hydrogens (tertiary/aromatic N) is 2. The fraction of sp³-hybridized carbons (Fsp3) is 0.273. The second-order valence-electron chi connectivity index (χ2n) is 3.61. The smallest absolute Gasteiger partial charge is 0.349 e. The van der Waals surface area contributed by atoms with Crippen molar-refractivity contribution in [3.63, 3.8) is 0 Å². The zero-order valence-electron chi connectivity index (χ0n) is 9.84. The number of ether oxygens (including phenoxy) is 1. The van der Waals surface area contributed by atoms with Crippen LogP contribution < -0.4 is 4.90 Å². The van der Waals surface area contributed by atoms with Gasteiger partial charge in [-0.1, -0.05) is 11.3 Å². The standard InChI is InChI=1S/C11H11BrN2O2S2/c1-14(5-7-3-9(12)17-6-7)11-13-4-8(18-11)10(15)16-2/h3-4,6H,5H2,1-2H3. The number of rotatable bonds is 4. The quantitative estimate of drug-likeness (QED) is 0.795. The number of thiazole rings is 1. The average molecular weight is 347 g/mol. The van der Waals surface area contributed by atoms with Gasteiger partial charge >= 0.3 is 5.97 Å². The molecule has 2 heterocycles. The summed E-state index contributed by atoms with van der Waals surface area (Å²) in [5.74, 6) is -0.342. The highest BCUT2D eigenvalue weighted by atomic mass is 79.9. The van der Waals surface area contributed by atoms with E-state index in [0.717, 1.165) is 15.5 Å². The highest BCUT2D eigenvalue weighted by Crippen LogP contribution is 2.26. The minimum atomic E-state index is -0.342. The fourth-order valence-electron chi connectivity index (χ4n) is 1.41. The van der Waals surface area contributed by atoms with Crippen molar-refractivity contribution in [3.05, 3.63) is 31.9 Å². The Kier molecular flexibility index (Phi) is 4.36. The van der Waals surface area contributed by atoms with Crippen LogP contribution in [0.15, 0.2) is 21.4 Å². The molecule has 0 spiro atoms. The number of hydrogen-bond donors (Lipinski definition) is 0. The van der Waals surface area contributed by atoms with E-state index in [-0.39, 0.29) is 5.97 Å². The van der Waals surface area contributed by atoms with Crippen molar-refractivity contribution in [2.45, 2.75) is 6.54 Å². The largest absolute Gasteiger partial charge is 0.465 e. The molecular formula is C11H11BrN2O2S2. The van der Waals surface area contributed by atoms with Crippen LogP contribution in [0.1, 0.15) is 15.2 Å². The monoisotopic (exact) mass is 346 g/mol. The van der Waals surface area contributed by atoms with Gasteiger partial charge in [0.25, 0.3) is 0 Å². The summed E-state index contributed by atoms with van der Waals surface area (Å²) in [6.45, 7) is 0.760. The molecule has 0 aliphatic carbocycles. The fourth-order valence-corrected chi connectivity index (χ4v) is 3.40. The van der Waals surface area contributed by atoms with Crippen molar-refractivity contribution in [1.29, 1.82) is 0 Å². The summed E-state index contributed by atoms with van der Waals surface area (Å²) >= 11 is 6.42. The molecule has 0 saturated carbocycles. The lowest BCUT2D eigenvalue weighted by molar-refractivity contribution is 0.0606. The van der Waals surface area contributed by atoms with Gasteiger partial charge in [-0.25, -0.2) is 9.78 Å². The molecule has 4 nitrogen and oxygen atoms in total. The lowest BCUT2D eigenvalue weighted by atomic mass is 10.3. The third-order valence-corrected chi connectivity index (χ3v) is 4.89. The molecule has 0 unspecified atom stereocenters. The first kappa shape index (κ1) is 13.5. The molecule has 0 aliphatic heterocycles. The van der Waals surface area contributed by atoms with E-state index in [1.54, 1.807) is 17.5 Å². The predicted molar refractivity (Wildman–Crippen MR) is 77.6 cm³/mol. The molecule has 7 heteroatoms. The molecule has 2 rings (SSSR count). The number of anilines is 1. The summed E-state index contributed by atoms with van der Waals surface area (Å²) in [4.78, 5) is 18.1. The lowest BCUT2D eigenvalue weighted by Gasteiger charge is -2.14. The number of thiophene rings is 1. The first-order valence-corrected chi connectivity index (χ1v) is 7.57. The van der Waals surface area contributed by atoms with Gasteiger partial charge in [0, 0.05) is 13.6 Å². The Morgan fingerprint density at radius 1 is 1.61 bits per heavy atom. The number of carbonyl (C=O) groups is 1. The van der Waals surface area contributed by atoms with Gasteiger partial charge in [-0.3, -0.25) is 0 Å². The van der Waals surface area contributed by atoms with Crippen LogP contribution in [0.4, 0.5) is 5.13 Å². The van der Waals surface area contributed by atoms with Crippen molar-refractivity contribution in [3.8, 4) is 0 Å². The number of aromatic nitrogens is 1. The van der Waals surface area contributed by atoms with Crippen LogP contribution in [0, 0.1) is 0 Å². The molecule has 96 valence electrons. The van der Waals surface area contributed by atoms with E-state index in [0.29, 0.717) is 4.88 Å². The minimum absolute atomic E-state index is 0.342. The van der Waals surface area contributed by atoms with Gasteiger partial charge in [-0.05, 0) is 32.9 Å². The SMILES string of the molecule is COC(=O)c1cnc(N(C)Cc2csc(Br)c2)s1. The summed E-state index contributed by atoms with van der Waals surface area (Å²) in [5.41, 5.74) is 1.21. The van der Waals surface area contributed by atoms with Crippen LogP contribution in [0.25, 0.3) is 0 Å². The maximum absolute atomic E-state index is 11.3. The molecular weight excluding hydrogens is 336 g/mol. The predicted octanol–water partition coefficient (Wildman–Crippen LogP) is 3.39. The van der Waals surface area contributed by atoms with Gasteiger partial charge in [0.15, 0.2) is 5.13 Å². The molecule has 0 fully saturated rings. The van der Waals surface area contributed by atoms with Crippen LogP contribution >= 0.6 is 38.6 Å². The highest BCUT2D eigenvalue weighted by molar-refractivity contribution is 9.11. The Labute approximate surface area is 121 Å². The van der Waals surface area contributed by atoms with Gasteiger partial charge in [-0.15, -0.1) is 11.3 Å². The van der Waals surface area contributed by atoms with Crippen molar-refractivity contribution in [1.82, 2.24) is 4.98 Å². The third kappa shape index (κ3) is 3.09.